The van der Waals surface area contributed by atoms with Crippen molar-refractivity contribution in [3.05, 3.63) is 23.0 Å². The Kier molecular flexibility index (Phi) is 5.57. The maximum atomic E-state index is 13.6. The van der Waals surface area contributed by atoms with Crippen molar-refractivity contribution >= 4 is 11.1 Å². The molecule has 0 amide bonds. The second-order valence-electron chi connectivity index (χ2n) is 9.76. The van der Waals surface area contributed by atoms with E-state index in [0.29, 0.717) is 17.7 Å². The molecule has 0 radical (unpaired) electrons. The summed E-state index contributed by atoms with van der Waals surface area (Å²) in [6.07, 6.45) is -2.93. The summed E-state index contributed by atoms with van der Waals surface area (Å²) in [5.74, 6) is 0.449. The molecule has 2 saturated heterocycles. The first-order chi connectivity index (χ1) is 14.0. The average Bonchev–Trinajstić information content (AvgIpc) is 3.27. The number of pyridine rings is 1. The summed E-state index contributed by atoms with van der Waals surface area (Å²) in [5, 5.41) is 4.06. The van der Waals surface area contributed by atoms with Crippen molar-refractivity contribution in [3.8, 4) is 0 Å². The Morgan fingerprint density at radius 2 is 1.90 bits per heavy atom. The Morgan fingerprint density at radius 3 is 2.53 bits per heavy atom. The molecule has 166 valence electrons. The van der Waals surface area contributed by atoms with E-state index in [1.807, 2.05) is 0 Å². The van der Waals surface area contributed by atoms with Gasteiger partial charge in [-0.25, -0.2) is 4.98 Å². The van der Waals surface area contributed by atoms with E-state index in [4.69, 9.17) is 4.52 Å². The van der Waals surface area contributed by atoms with Crippen molar-refractivity contribution in [2.75, 3.05) is 26.2 Å². The summed E-state index contributed by atoms with van der Waals surface area (Å²) in [4.78, 5) is 6.55. The van der Waals surface area contributed by atoms with Crippen LogP contribution in [0.5, 0.6) is 0 Å². The van der Waals surface area contributed by atoms with E-state index in [9.17, 15) is 13.2 Å². The van der Waals surface area contributed by atoms with Gasteiger partial charge < -0.3 is 9.42 Å². The maximum absolute atomic E-state index is 13.6. The van der Waals surface area contributed by atoms with Crippen LogP contribution in [0.1, 0.15) is 56.5 Å². The van der Waals surface area contributed by atoms with Crippen molar-refractivity contribution in [1.29, 1.82) is 0 Å². The van der Waals surface area contributed by atoms with Crippen LogP contribution in [0.3, 0.4) is 0 Å². The number of piperidine rings is 1. The fraction of sp³-hybridized carbons (Fsp3) is 0.714. The van der Waals surface area contributed by atoms with Crippen molar-refractivity contribution in [2.24, 2.45) is 11.3 Å². The Balaban J connectivity index is 1.48. The zero-order chi connectivity index (χ0) is 21.7. The lowest BCUT2D eigenvalue weighted by Gasteiger charge is -2.37. The molecular weight excluding hydrogens is 395 g/mol. The van der Waals surface area contributed by atoms with Crippen molar-refractivity contribution < 1.29 is 17.7 Å². The summed E-state index contributed by atoms with van der Waals surface area (Å²) in [7, 11) is 0. The zero-order valence-corrected chi connectivity index (χ0v) is 17.9. The molecule has 2 fully saturated rings. The van der Waals surface area contributed by atoms with E-state index in [-0.39, 0.29) is 28.1 Å². The van der Waals surface area contributed by atoms with Gasteiger partial charge in [-0.2, -0.15) is 13.2 Å². The Morgan fingerprint density at radius 1 is 1.20 bits per heavy atom. The molecule has 2 aromatic rings. The van der Waals surface area contributed by atoms with Crippen LogP contribution >= 0.6 is 0 Å². The van der Waals surface area contributed by atoms with Gasteiger partial charge in [-0.15, -0.1) is 0 Å². The topological polar surface area (TPSA) is 66.2 Å². The average molecular weight is 425 g/mol. The van der Waals surface area contributed by atoms with Gasteiger partial charge in [-0.3, -0.25) is 10.9 Å². The summed E-state index contributed by atoms with van der Waals surface area (Å²) < 4.78 is 46.1. The molecule has 2 atom stereocenters. The monoisotopic (exact) mass is 425 g/mol. The number of hydrogen-bond acceptors (Lipinski definition) is 6. The highest BCUT2D eigenvalue weighted by Gasteiger charge is 2.39. The van der Waals surface area contributed by atoms with Gasteiger partial charge in [0.25, 0.3) is 5.71 Å². The molecule has 2 aliphatic heterocycles. The molecule has 0 aromatic carbocycles. The quantitative estimate of drug-likeness (QED) is 0.778. The third-order valence-corrected chi connectivity index (χ3v) is 6.40. The van der Waals surface area contributed by atoms with Crippen LogP contribution < -0.4 is 10.9 Å². The minimum atomic E-state index is -4.46. The van der Waals surface area contributed by atoms with Crippen LogP contribution in [0.25, 0.3) is 11.1 Å². The Hall–Kier alpha value is -1.71. The first kappa shape index (κ1) is 21.5. The minimum absolute atomic E-state index is 0.0177. The van der Waals surface area contributed by atoms with Crippen molar-refractivity contribution in [3.63, 3.8) is 0 Å². The van der Waals surface area contributed by atoms with E-state index in [2.05, 4.69) is 46.7 Å². The summed E-state index contributed by atoms with van der Waals surface area (Å²) in [6, 6.07) is 1.48. The highest BCUT2D eigenvalue weighted by atomic mass is 19.4. The number of likely N-dealkylation sites (tertiary alicyclic amines) is 1. The van der Waals surface area contributed by atoms with Crippen molar-refractivity contribution in [1.82, 2.24) is 25.9 Å². The van der Waals surface area contributed by atoms with E-state index in [1.165, 1.54) is 6.92 Å². The summed E-state index contributed by atoms with van der Waals surface area (Å²) in [5.41, 5.74) is 6.81. The molecule has 0 spiro atoms. The molecule has 2 aromatic heterocycles. The van der Waals surface area contributed by atoms with Gasteiger partial charge in [-0.1, -0.05) is 25.9 Å². The molecule has 30 heavy (non-hydrogen) atoms. The van der Waals surface area contributed by atoms with E-state index < -0.39 is 11.7 Å². The highest BCUT2D eigenvalue weighted by molar-refractivity contribution is 5.81. The predicted octanol–water partition coefficient (Wildman–Crippen LogP) is 3.87. The van der Waals surface area contributed by atoms with Crippen LogP contribution in [-0.2, 0) is 6.18 Å². The molecule has 4 rings (SSSR count). The normalized spacial score (nSPS) is 24.8. The number of nitrogens with one attached hydrogen (secondary N) is 2. The van der Waals surface area contributed by atoms with Gasteiger partial charge in [0, 0.05) is 36.7 Å². The van der Waals surface area contributed by atoms with Crippen LogP contribution in [0, 0.1) is 18.3 Å². The smallest absolute Gasteiger partial charge is 0.336 e. The number of rotatable bonds is 3. The van der Waals surface area contributed by atoms with E-state index in [1.54, 1.807) is 0 Å². The summed E-state index contributed by atoms with van der Waals surface area (Å²) >= 11 is 0. The lowest BCUT2D eigenvalue weighted by atomic mass is 9.79. The minimum Gasteiger partial charge on any atom is -0.336 e. The Labute approximate surface area is 174 Å². The van der Waals surface area contributed by atoms with Crippen LogP contribution in [0.2, 0.25) is 0 Å². The standard InChI is InChI=1S/C21H30F3N5O/c1-12-9-15(21(22,23)24)16-17(28-30-19(16)26-12)13-5-7-29(8-6-13)11-14-10-25-27-18(14)20(2,3)4/h9,13-14,18,25,27H,5-8,10-11H2,1-4H3. The second-order valence-corrected chi connectivity index (χ2v) is 9.76. The van der Waals surface area contributed by atoms with Gasteiger partial charge in [0.05, 0.1) is 16.6 Å². The number of fused-ring (bicyclic) bond motifs is 1. The first-order valence-electron chi connectivity index (χ1n) is 10.6. The SMILES string of the molecule is Cc1cc(C(F)(F)F)c2c(C3CCN(CC4CNNC4C(C)(C)C)CC3)noc2n1. The molecule has 4 heterocycles. The second kappa shape index (κ2) is 7.76. The molecule has 2 N–H and O–H groups in total. The van der Waals surface area contributed by atoms with Gasteiger partial charge in [0.1, 0.15) is 0 Å². The molecule has 0 bridgehead atoms. The zero-order valence-electron chi connectivity index (χ0n) is 17.9. The number of aromatic nitrogens is 2. The number of aryl methyl sites for hydroxylation is 1. The van der Waals surface area contributed by atoms with Gasteiger partial charge in [0.15, 0.2) is 0 Å². The Bertz CT molecular complexity index is 896. The van der Waals surface area contributed by atoms with E-state index in [0.717, 1.165) is 45.1 Å². The van der Waals surface area contributed by atoms with E-state index >= 15 is 0 Å². The third-order valence-electron chi connectivity index (χ3n) is 6.40. The molecule has 0 aliphatic carbocycles. The van der Waals surface area contributed by atoms with Gasteiger partial charge in [0.2, 0.25) is 0 Å². The fourth-order valence-electron chi connectivity index (χ4n) is 4.95. The molecular formula is C21H30F3N5O. The fourth-order valence-corrected chi connectivity index (χ4v) is 4.95. The lowest BCUT2D eigenvalue weighted by Crippen LogP contribution is -2.46. The number of hydrazine groups is 1. The van der Waals surface area contributed by atoms with Gasteiger partial charge >= 0.3 is 6.18 Å². The number of alkyl halides is 3. The third kappa shape index (κ3) is 4.20. The molecule has 2 unspecified atom stereocenters. The van der Waals surface area contributed by atoms with Crippen LogP contribution in [0.15, 0.2) is 10.6 Å². The molecule has 9 heteroatoms. The summed E-state index contributed by atoms with van der Waals surface area (Å²) in [6.45, 7) is 11.8. The van der Waals surface area contributed by atoms with Crippen molar-refractivity contribution in [2.45, 2.75) is 58.7 Å². The lowest BCUT2D eigenvalue weighted by molar-refractivity contribution is -0.136. The molecule has 2 aliphatic rings. The largest absolute Gasteiger partial charge is 0.417 e. The highest BCUT2D eigenvalue weighted by Crippen LogP contribution is 2.40. The van der Waals surface area contributed by atoms with Crippen LogP contribution in [-0.4, -0.2) is 47.3 Å². The number of halogens is 3. The van der Waals surface area contributed by atoms with Gasteiger partial charge in [-0.05, 0) is 44.3 Å². The molecule has 0 saturated carbocycles. The number of nitrogens with zero attached hydrogens (tertiary/aromatic N) is 3. The maximum Gasteiger partial charge on any atom is 0.417 e. The first-order valence-corrected chi connectivity index (χ1v) is 10.6. The molecule has 6 nitrogen and oxygen atoms in total. The van der Waals surface area contributed by atoms with Crippen LogP contribution in [0.4, 0.5) is 13.2 Å². The number of hydrogen-bond donors (Lipinski definition) is 2. The predicted molar refractivity (Wildman–Crippen MR) is 108 cm³/mol.